The lowest BCUT2D eigenvalue weighted by molar-refractivity contribution is -0.133. The standard InChI is InChI=1S/C16H15FO3/c1-2-19-14-9-5-6-10-15(14)20-16(18)11-12-7-3-4-8-13(12)17/h3-10H,2,11H2,1H3. The molecule has 0 unspecified atom stereocenters. The molecule has 0 aliphatic carbocycles. The van der Waals surface area contributed by atoms with E-state index in [0.29, 0.717) is 23.7 Å². The third-order valence-electron chi connectivity index (χ3n) is 2.67. The lowest BCUT2D eigenvalue weighted by Crippen LogP contribution is -2.13. The Hall–Kier alpha value is -2.36. The van der Waals surface area contributed by atoms with Crippen molar-refractivity contribution in [2.45, 2.75) is 13.3 Å². The van der Waals surface area contributed by atoms with Crippen molar-refractivity contribution in [2.75, 3.05) is 6.61 Å². The summed E-state index contributed by atoms with van der Waals surface area (Å²) in [6.45, 7) is 2.32. The van der Waals surface area contributed by atoms with E-state index in [1.54, 1.807) is 42.5 Å². The van der Waals surface area contributed by atoms with Gasteiger partial charge in [-0.15, -0.1) is 0 Å². The average Bonchev–Trinajstić information content (AvgIpc) is 2.44. The van der Waals surface area contributed by atoms with E-state index in [1.807, 2.05) is 6.92 Å². The summed E-state index contributed by atoms with van der Waals surface area (Å²) in [6, 6.07) is 13.0. The molecule has 2 aromatic carbocycles. The van der Waals surface area contributed by atoms with Crippen molar-refractivity contribution in [1.29, 1.82) is 0 Å². The minimum atomic E-state index is -0.526. The van der Waals surface area contributed by atoms with Gasteiger partial charge in [-0.1, -0.05) is 30.3 Å². The van der Waals surface area contributed by atoms with Gasteiger partial charge in [0, 0.05) is 0 Å². The normalized spacial score (nSPS) is 10.1. The summed E-state index contributed by atoms with van der Waals surface area (Å²) >= 11 is 0. The van der Waals surface area contributed by atoms with Gasteiger partial charge in [-0.25, -0.2) is 4.39 Å². The number of ether oxygens (including phenoxy) is 2. The quantitative estimate of drug-likeness (QED) is 0.619. The van der Waals surface area contributed by atoms with Gasteiger partial charge in [-0.3, -0.25) is 4.79 Å². The largest absolute Gasteiger partial charge is 0.490 e. The van der Waals surface area contributed by atoms with Crippen molar-refractivity contribution < 1.29 is 18.7 Å². The number of benzene rings is 2. The first-order valence-electron chi connectivity index (χ1n) is 6.36. The van der Waals surface area contributed by atoms with Crippen LogP contribution in [0.4, 0.5) is 4.39 Å². The van der Waals surface area contributed by atoms with Gasteiger partial charge in [0.1, 0.15) is 5.82 Å². The van der Waals surface area contributed by atoms with E-state index in [9.17, 15) is 9.18 Å². The molecule has 0 saturated heterocycles. The van der Waals surface area contributed by atoms with Crippen LogP contribution in [-0.2, 0) is 11.2 Å². The van der Waals surface area contributed by atoms with Gasteiger partial charge < -0.3 is 9.47 Å². The highest BCUT2D eigenvalue weighted by molar-refractivity contribution is 5.76. The molecule has 0 atom stereocenters. The Balaban J connectivity index is 2.07. The molecule has 2 aromatic rings. The van der Waals surface area contributed by atoms with E-state index in [2.05, 4.69) is 0 Å². The molecular formula is C16H15FO3. The highest BCUT2D eigenvalue weighted by atomic mass is 19.1. The number of carbonyl (C=O) groups is 1. The molecule has 0 radical (unpaired) electrons. The fourth-order valence-electron chi connectivity index (χ4n) is 1.77. The van der Waals surface area contributed by atoms with Crippen LogP contribution in [0.1, 0.15) is 12.5 Å². The summed E-state index contributed by atoms with van der Waals surface area (Å²) in [5.41, 5.74) is 0.311. The topological polar surface area (TPSA) is 35.5 Å². The minimum Gasteiger partial charge on any atom is -0.490 e. The molecule has 0 spiro atoms. The van der Waals surface area contributed by atoms with E-state index in [-0.39, 0.29) is 6.42 Å². The van der Waals surface area contributed by atoms with E-state index in [0.717, 1.165) is 0 Å². The Labute approximate surface area is 117 Å². The Bertz CT molecular complexity index is 596. The van der Waals surface area contributed by atoms with Crippen molar-refractivity contribution >= 4 is 5.97 Å². The lowest BCUT2D eigenvalue weighted by Gasteiger charge is -2.10. The summed E-state index contributed by atoms with van der Waals surface area (Å²) in [5, 5.41) is 0. The first-order chi connectivity index (χ1) is 9.70. The van der Waals surface area contributed by atoms with E-state index in [1.165, 1.54) is 6.07 Å². The number of halogens is 1. The van der Waals surface area contributed by atoms with Gasteiger partial charge in [0.2, 0.25) is 0 Å². The predicted octanol–water partition coefficient (Wildman–Crippen LogP) is 3.37. The monoisotopic (exact) mass is 274 g/mol. The van der Waals surface area contributed by atoms with E-state index in [4.69, 9.17) is 9.47 Å². The van der Waals surface area contributed by atoms with Crippen molar-refractivity contribution in [1.82, 2.24) is 0 Å². The average molecular weight is 274 g/mol. The van der Waals surface area contributed by atoms with Gasteiger partial charge in [0.15, 0.2) is 11.5 Å². The molecule has 0 aliphatic rings. The molecule has 20 heavy (non-hydrogen) atoms. The molecule has 0 N–H and O–H groups in total. The molecule has 0 heterocycles. The van der Waals surface area contributed by atoms with Gasteiger partial charge in [-0.2, -0.15) is 0 Å². The number of carbonyl (C=O) groups excluding carboxylic acids is 1. The summed E-state index contributed by atoms with van der Waals surface area (Å²) in [6.07, 6.45) is -0.118. The number of para-hydroxylation sites is 2. The SMILES string of the molecule is CCOc1ccccc1OC(=O)Cc1ccccc1F. The highest BCUT2D eigenvalue weighted by Crippen LogP contribution is 2.26. The van der Waals surface area contributed by atoms with Crippen LogP contribution >= 0.6 is 0 Å². The molecule has 0 amide bonds. The minimum absolute atomic E-state index is 0.118. The second-order valence-electron chi connectivity index (χ2n) is 4.12. The maximum atomic E-state index is 13.5. The maximum Gasteiger partial charge on any atom is 0.315 e. The van der Waals surface area contributed by atoms with E-state index >= 15 is 0 Å². The summed E-state index contributed by atoms with van der Waals surface area (Å²) in [4.78, 5) is 11.8. The fraction of sp³-hybridized carbons (Fsp3) is 0.188. The third kappa shape index (κ3) is 3.57. The van der Waals surface area contributed by atoms with Gasteiger partial charge in [-0.05, 0) is 30.7 Å². The second-order valence-corrected chi connectivity index (χ2v) is 4.12. The summed E-state index contributed by atoms with van der Waals surface area (Å²) in [7, 11) is 0. The first-order valence-corrected chi connectivity index (χ1v) is 6.36. The Morgan fingerprint density at radius 3 is 2.40 bits per heavy atom. The molecule has 0 aromatic heterocycles. The van der Waals surface area contributed by atoms with Crippen LogP contribution < -0.4 is 9.47 Å². The molecule has 104 valence electrons. The molecule has 0 saturated carbocycles. The number of hydrogen-bond donors (Lipinski definition) is 0. The maximum absolute atomic E-state index is 13.5. The molecule has 0 fully saturated rings. The molecular weight excluding hydrogens is 259 g/mol. The molecule has 0 bridgehead atoms. The zero-order valence-electron chi connectivity index (χ0n) is 11.1. The number of hydrogen-bond acceptors (Lipinski definition) is 3. The first kappa shape index (κ1) is 14.1. The number of rotatable bonds is 5. The molecule has 3 nitrogen and oxygen atoms in total. The van der Waals surface area contributed by atoms with Gasteiger partial charge in [0.25, 0.3) is 0 Å². The zero-order chi connectivity index (χ0) is 14.4. The highest BCUT2D eigenvalue weighted by Gasteiger charge is 2.12. The molecule has 0 aliphatic heterocycles. The Morgan fingerprint density at radius 2 is 1.70 bits per heavy atom. The molecule has 4 heteroatoms. The Kier molecular flexibility index (Phi) is 4.71. The smallest absolute Gasteiger partial charge is 0.315 e. The number of esters is 1. The van der Waals surface area contributed by atoms with Crippen LogP contribution in [0, 0.1) is 5.82 Å². The van der Waals surface area contributed by atoms with Crippen LogP contribution in [-0.4, -0.2) is 12.6 Å². The van der Waals surface area contributed by atoms with Crippen molar-refractivity contribution in [2.24, 2.45) is 0 Å². The zero-order valence-corrected chi connectivity index (χ0v) is 11.1. The van der Waals surface area contributed by atoms with Crippen LogP contribution in [0.3, 0.4) is 0 Å². The van der Waals surface area contributed by atoms with Crippen molar-refractivity contribution in [3.8, 4) is 11.5 Å². The summed E-state index contributed by atoms with van der Waals surface area (Å²) < 4.78 is 24.0. The van der Waals surface area contributed by atoms with E-state index < -0.39 is 11.8 Å². The second kappa shape index (κ2) is 6.70. The molecule has 2 rings (SSSR count). The predicted molar refractivity (Wildman–Crippen MR) is 73.4 cm³/mol. The van der Waals surface area contributed by atoms with Gasteiger partial charge >= 0.3 is 5.97 Å². The fourth-order valence-corrected chi connectivity index (χ4v) is 1.77. The van der Waals surface area contributed by atoms with Crippen molar-refractivity contribution in [3.05, 3.63) is 59.9 Å². The van der Waals surface area contributed by atoms with Crippen LogP contribution in [0.5, 0.6) is 11.5 Å². The van der Waals surface area contributed by atoms with Crippen LogP contribution in [0.15, 0.2) is 48.5 Å². The van der Waals surface area contributed by atoms with Gasteiger partial charge in [0.05, 0.1) is 13.0 Å². The summed E-state index contributed by atoms with van der Waals surface area (Å²) in [5.74, 6) is -0.0997. The third-order valence-corrected chi connectivity index (χ3v) is 2.67. The van der Waals surface area contributed by atoms with Crippen molar-refractivity contribution in [3.63, 3.8) is 0 Å². The van der Waals surface area contributed by atoms with Crippen LogP contribution in [0.25, 0.3) is 0 Å². The van der Waals surface area contributed by atoms with Crippen LogP contribution in [0.2, 0.25) is 0 Å². The lowest BCUT2D eigenvalue weighted by atomic mass is 10.1. The Morgan fingerprint density at radius 1 is 1.05 bits per heavy atom.